The third-order valence-electron chi connectivity index (χ3n) is 2.70. The molecule has 1 unspecified atom stereocenters. The number of hydrogen-bond acceptors (Lipinski definition) is 5. The number of rotatable bonds is 6. The van der Waals surface area contributed by atoms with Crippen molar-refractivity contribution < 1.29 is 13.9 Å². The van der Waals surface area contributed by atoms with Crippen LogP contribution in [0.4, 0.5) is 4.39 Å². The van der Waals surface area contributed by atoms with E-state index in [0.29, 0.717) is 16.7 Å². The molecule has 0 aliphatic heterocycles. The van der Waals surface area contributed by atoms with Gasteiger partial charge in [0, 0.05) is 7.05 Å². The summed E-state index contributed by atoms with van der Waals surface area (Å²) in [6.45, 7) is 1.82. The van der Waals surface area contributed by atoms with E-state index < -0.39 is 5.91 Å². The molecule has 2 aromatic rings. The highest BCUT2D eigenvalue weighted by atomic mass is 32.2. The molecule has 6 nitrogen and oxygen atoms in total. The third-order valence-corrected chi connectivity index (χ3v) is 3.74. The lowest BCUT2D eigenvalue weighted by atomic mass is 10.3. The normalized spacial score (nSPS) is 12.1. The van der Waals surface area contributed by atoms with Crippen molar-refractivity contribution in [3.63, 3.8) is 0 Å². The van der Waals surface area contributed by atoms with Crippen LogP contribution in [0.15, 0.2) is 29.4 Å². The minimum atomic E-state index is -0.417. The van der Waals surface area contributed by atoms with Gasteiger partial charge in [0.05, 0.1) is 5.75 Å². The number of hydrogen-bond donors (Lipinski definition) is 1. The van der Waals surface area contributed by atoms with Crippen LogP contribution in [0.5, 0.6) is 5.75 Å². The predicted molar refractivity (Wildman–Crippen MR) is 76.4 cm³/mol. The number of nitrogens with zero attached hydrogens (tertiary/aromatic N) is 3. The number of carbonyl (C=O) groups is 1. The lowest BCUT2D eigenvalue weighted by Crippen LogP contribution is -2.14. The highest BCUT2D eigenvalue weighted by Gasteiger charge is 2.17. The van der Waals surface area contributed by atoms with E-state index >= 15 is 0 Å². The molecule has 1 heterocycles. The zero-order valence-electron chi connectivity index (χ0n) is 11.6. The number of benzene rings is 1. The van der Waals surface area contributed by atoms with E-state index in [2.05, 4.69) is 10.2 Å². The molecular weight excluding hydrogens is 295 g/mol. The van der Waals surface area contributed by atoms with Crippen molar-refractivity contribution in [2.75, 3.05) is 5.75 Å². The maximum atomic E-state index is 12.8. The van der Waals surface area contributed by atoms with Crippen molar-refractivity contribution in [2.24, 2.45) is 12.8 Å². The maximum Gasteiger partial charge on any atom is 0.227 e. The smallest absolute Gasteiger partial charge is 0.227 e. The first kappa shape index (κ1) is 15.3. The van der Waals surface area contributed by atoms with Crippen molar-refractivity contribution >= 4 is 17.7 Å². The molecule has 0 bridgehead atoms. The second-order valence-electron chi connectivity index (χ2n) is 4.37. The van der Waals surface area contributed by atoms with Gasteiger partial charge >= 0.3 is 0 Å². The fourth-order valence-corrected chi connectivity index (χ4v) is 2.37. The molecule has 2 N–H and O–H groups in total. The van der Waals surface area contributed by atoms with Crippen LogP contribution in [0.25, 0.3) is 0 Å². The van der Waals surface area contributed by atoms with E-state index in [0.717, 1.165) is 0 Å². The van der Waals surface area contributed by atoms with Gasteiger partial charge in [-0.25, -0.2) is 4.39 Å². The van der Waals surface area contributed by atoms with Gasteiger partial charge in [0.1, 0.15) is 11.6 Å². The van der Waals surface area contributed by atoms with Gasteiger partial charge in [-0.15, -0.1) is 10.2 Å². The number of carbonyl (C=O) groups excluding carboxylic acids is 1. The summed E-state index contributed by atoms with van der Waals surface area (Å²) in [6.07, 6.45) is -0.365. The zero-order valence-corrected chi connectivity index (χ0v) is 12.4. The number of primary amides is 1. The van der Waals surface area contributed by atoms with E-state index in [1.807, 2.05) is 6.92 Å². The molecule has 2 rings (SSSR count). The van der Waals surface area contributed by atoms with Gasteiger partial charge in [0.15, 0.2) is 17.1 Å². The number of amides is 1. The van der Waals surface area contributed by atoms with Crippen molar-refractivity contribution in [3.05, 3.63) is 35.9 Å². The van der Waals surface area contributed by atoms with Crippen molar-refractivity contribution in [1.29, 1.82) is 0 Å². The molecule has 8 heteroatoms. The van der Waals surface area contributed by atoms with Gasteiger partial charge < -0.3 is 15.0 Å². The van der Waals surface area contributed by atoms with E-state index in [4.69, 9.17) is 10.5 Å². The first-order valence-corrected chi connectivity index (χ1v) is 7.18. The van der Waals surface area contributed by atoms with Gasteiger partial charge in [0.25, 0.3) is 0 Å². The van der Waals surface area contributed by atoms with E-state index in [-0.39, 0.29) is 17.7 Å². The molecule has 0 radical (unpaired) electrons. The van der Waals surface area contributed by atoms with E-state index in [9.17, 15) is 9.18 Å². The van der Waals surface area contributed by atoms with Gasteiger partial charge in [-0.1, -0.05) is 11.8 Å². The van der Waals surface area contributed by atoms with Crippen molar-refractivity contribution in [2.45, 2.75) is 18.2 Å². The fourth-order valence-electron chi connectivity index (χ4n) is 1.71. The largest absolute Gasteiger partial charge is 0.483 e. The summed E-state index contributed by atoms with van der Waals surface area (Å²) >= 11 is 1.21. The number of aromatic nitrogens is 3. The van der Waals surface area contributed by atoms with Crippen LogP contribution in [0, 0.1) is 5.82 Å². The first-order valence-electron chi connectivity index (χ1n) is 6.20. The second-order valence-corrected chi connectivity index (χ2v) is 5.31. The Morgan fingerprint density at radius 1 is 1.43 bits per heavy atom. The molecule has 112 valence electrons. The molecule has 1 amide bonds. The quantitative estimate of drug-likeness (QED) is 0.821. The molecule has 0 spiro atoms. The minimum Gasteiger partial charge on any atom is -0.483 e. The van der Waals surface area contributed by atoms with Crippen LogP contribution < -0.4 is 10.5 Å². The Morgan fingerprint density at radius 3 is 2.71 bits per heavy atom. The third kappa shape index (κ3) is 3.94. The number of thioether (sulfide) groups is 1. The molecule has 0 saturated heterocycles. The Labute approximate surface area is 125 Å². The SMILES string of the molecule is CC(Oc1ccc(F)cc1)c1nnc(SCC(N)=O)n1C. The average molecular weight is 310 g/mol. The summed E-state index contributed by atoms with van der Waals surface area (Å²) in [6, 6.07) is 5.75. The summed E-state index contributed by atoms with van der Waals surface area (Å²) in [5.41, 5.74) is 5.10. The molecule has 0 aliphatic carbocycles. The van der Waals surface area contributed by atoms with Gasteiger partial charge in [-0.05, 0) is 31.2 Å². The van der Waals surface area contributed by atoms with Crippen LogP contribution in [-0.2, 0) is 11.8 Å². The monoisotopic (exact) mass is 310 g/mol. The standard InChI is InChI=1S/C13H15FN4O2S/c1-8(20-10-5-3-9(14)4-6-10)12-16-17-13(18(12)2)21-7-11(15)19/h3-6,8H,7H2,1-2H3,(H2,15,19). The van der Waals surface area contributed by atoms with Gasteiger partial charge in [-0.2, -0.15) is 0 Å². The molecule has 1 atom stereocenters. The molecular formula is C13H15FN4O2S. The Kier molecular flexibility index (Phi) is 4.79. The molecule has 1 aromatic carbocycles. The Bertz CT molecular complexity index is 630. The van der Waals surface area contributed by atoms with Crippen molar-refractivity contribution in [1.82, 2.24) is 14.8 Å². The zero-order chi connectivity index (χ0) is 15.4. The Morgan fingerprint density at radius 2 is 2.10 bits per heavy atom. The molecule has 21 heavy (non-hydrogen) atoms. The maximum absolute atomic E-state index is 12.8. The van der Waals surface area contributed by atoms with Gasteiger partial charge in [0.2, 0.25) is 5.91 Å². The van der Waals surface area contributed by atoms with Crippen LogP contribution in [0.3, 0.4) is 0 Å². The second kappa shape index (κ2) is 6.57. The highest BCUT2D eigenvalue weighted by molar-refractivity contribution is 7.99. The fraction of sp³-hybridized carbons (Fsp3) is 0.308. The summed E-state index contributed by atoms with van der Waals surface area (Å²) < 4.78 is 20.3. The van der Waals surface area contributed by atoms with Crippen LogP contribution in [0.1, 0.15) is 18.9 Å². The van der Waals surface area contributed by atoms with E-state index in [1.54, 1.807) is 23.7 Å². The molecule has 0 saturated carbocycles. The van der Waals surface area contributed by atoms with Crippen molar-refractivity contribution in [3.8, 4) is 5.75 Å². The summed E-state index contributed by atoms with van der Waals surface area (Å²) in [5, 5.41) is 8.62. The molecule has 0 aliphatic rings. The number of ether oxygens (including phenoxy) is 1. The lowest BCUT2D eigenvalue weighted by Gasteiger charge is -2.14. The minimum absolute atomic E-state index is 0.138. The lowest BCUT2D eigenvalue weighted by molar-refractivity contribution is -0.115. The molecule has 0 fully saturated rings. The van der Waals surface area contributed by atoms with Crippen LogP contribution in [-0.4, -0.2) is 26.4 Å². The number of halogens is 1. The summed E-state index contributed by atoms with van der Waals surface area (Å²) in [5.74, 6) is 0.544. The average Bonchev–Trinajstić information content (AvgIpc) is 2.80. The van der Waals surface area contributed by atoms with Gasteiger partial charge in [-0.3, -0.25) is 4.79 Å². The van der Waals surface area contributed by atoms with E-state index in [1.165, 1.54) is 23.9 Å². The van der Waals surface area contributed by atoms with Crippen LogP contribution >= 0.6 is 11.8 Å². The Balaban J connectivity index is 2.07. The summed E-state index contributed by atoms with van der Waals surface area (Å²) in [7, 11) is 1.78. The highest BCUT2D eigenvalue weighted by Crippen LogP contribution is 2.23. The summed E-state index contributed by atoms with van der Waals surface area (Å²) in [4.78, 5) is 10.8. The predicted octanol–water partition coefficient (Wildman–Crippen LogP) is 1.67. The topological polar surface area (TPSA) is 83.0 Å². The number of nitrogens with two attached hydrogens (primary N) is 1. The molecule has 1 aromatic heterocycles. The van der Waals surface area contributed by atoms with Crippen LogP contribution in [0.2, 0.25) is 0 Å². The Hall–Kier alpha value is -2.09. The first-order chi connectivity index (χ1) is 9.97.